The van der Waals surface area contributed by atoms with Crippen LogP contribution >= 0.6 is 0 Å². The molecule has 8 nitrogen and oxygen atoms in total. The van der Waals surface area contributed by atoms with Crippen LogP contribution < -0.4 is 10.2 Å². The SMILES string of the molecule is Cc1cc(N2CCN(C(=O)C3CCCNC3)CC2)n2ncnc2n1. The third kappa shape index (κ3) is 2.82. The molecule has 0 aromatic carbocycles. The number of carbonyl (C=O) groups excluding carboxylic acids is 1. The number of rotatable bonds is 2. The molecule has 0 aliphatic carbocycles. The lowest BCUT2D eigenvalue weighted by Crippen LogP contribution is -2.52. The molecule has 4 heterocycles. The van der Waals surface area contributed by atoms with E-state index in [1.807, 2.05) is 17.9 Å². The molecule has 0 radical (unpaired) electrons. The predicted octanol–water partition coefficient (Wildman–Crippen LogP) is 0.0809. The quantitative estimate of drug-likeness (QED) is 0.841. The van der Waals surface area contributed by atoms with Gasteiger partial charge < -0.3 is 15.1 Å². The van der Waals surface area contributed by atoms with Crippen molar-refractivity contribution in [3.8, 4) is 0 Å². The Bertz CT molecular complexity index is 729. The Balaban J connectivity index is 1.45. The van der Waals surface area contributed by atoms with Gasteiger partial charge in [0.1, 0.15) is 12.1 Å². The summed E-state index contributed by atoms with van der Waals surface area (Å²) in [5.74, 6) is 2.08. The van der Waals surface area contributed by atoms with E-state index >= 15 is 0 Å². The molecule has 1 unspecified atom stereocenters. The topological polar surface area (TPSA) is 78.7 Å². The van der Waals surface area contributed by atoms with Gasteiger partial charge in [-0.25, -0.2) is 4.98 Å². The molecule has 24 heavy (non-hydrogen) atoms. The lowest BCUT2D eigenvalue weighted by atomic mass is 9.98. The number of nitrogens with one attached hydrogen (secondary N) is 1. The van der Waals surface area contributed by atoms with E-state index in [0.29, 0.717) is 11.7 Å². The van der Waals surface area contributed by atoms with Crippen molar-refractivity contribution in [2.24, 2.45) is 5.92 Å². The summed E-state index contributed by atoms with van der Waals surface area (Å²) < 4.78 is 1.77. The monoisotopic (exact) mass is 329 g/mol. The highest BCUT2D eigenvalue weighted by Crippen LogP contribution is 2.20. The number of piperidine rings is 1. The summed E-state index contributed by atoms with van der Waals surface area (Å²) in [5.41, 5.74) is 0.928. The van der Waals surface area contributed by atoms with Gasteiger partial charge >= 0.3 is 0 Å². The Morgan fingerprint density at radius 1 is 1.29 bits per heavy atom. The second-order valence-corrected chi connectivity index (χ2v) is 6.58. The number of carbonyl (C=O) groups is 1. The number of amides is 1. The molecule has 2 aliphatic heterocycles. The van der Waals surface area contributed by atoms with Crippen molar-refractivity contribution in [3.63, 3.8) is 0 Å². The molecule has 1 N–H and O–H groups in total. The van der Waals surface area contributed by atoms with Gasteiger partial charge in [0.25, 0.3) is 5.78 Å². The molecule has 0 spiro atoms. The van der Waals surface area contributed by atoms with Gasteiger partial charge in [-0.05, 0) is 26.3 Å². The number of hydrogen-bond acceptors (Lipinski definition) is 6. The summed E-state index contributed by atoms with van der Waals surface area (Å²) in [7, 11) is 0. The zero-order valence-corrected chi connectivity index (χ0v) is 14.0. The third-order valence-electron chi connectivity index (χ3n) is 4.92. The van der Waals surface area contributed by atoms with Crippen molar-refractivity contribution in [2.45, 2.75) is 19.8 Å². The van der Waals surface area contributed by atoms with Crippen molar-refractivity contribution < 1.29 is 4.79 Å². The summed E-state index contributed by atoms with van der Waals surface area (Å²) in [4.78, 5) is 25.5. The lowest BCUT2D eigenvalue weighted by Gasteiger charge is -2.38. The summed E-state index contributed by atoms with van der Waals surface area (Å²) in [6.45, 7) is 6.96. The van der Waals surface area contributed by atoms with E-state index in [9.17, 15) is 4.79 Å². The van der Waals surface area contributed by atoms with Gasteiger partial charge in [-0.1, -0.05) is 0 Å². The first-order valence-corrected chi connectivity index (χ1v) is 8.64. The minimum atomic E-state index is 0.149. The second kappa shape index (κ2) is 6.35. The Labute approximate surface area is 140 Å². The van der Waals surface area contributed by atoms with Crippen LogP contribution in [0.25, 0.3) is 5.78 Å². The molecular formula is C16H23N7O. The van der Waals surface area contributed by atoms with Gasteiger partial charge in [0.2, 0.25) is 5.91 Å². The van der Waals surface area contributed by atoms with Crippen molar-refractivity contribution in [1.82, 2.24) is 29.8 Å². The minimum absolute atomic E-state index is 0.149. The highest BCUT2D eigenvalue weighted by atomic mass is 16.2. The molecule has 2 aromatic heterocycles. The zero-order valence-electron chi connectivity index (χ0n) is 14.0. The maximum absolute atomic E-state index is 12.7. The van der Waals surface area contributed by atoms with E-state index < -0.39 is 0 Å². The summed E-state index contributed by atoms with van der Waals surface area (Å²) in [6.07, 6.45) is 3.63. The van der Waals surface area contributed by atoms with Crippen LogP contribution in [0.5, 0.6) is 0 Å². The van der Waals surface area contributed by atoms with E-state index in [1.165, 1.54) is 6.33 Å². The van der Waals surface area contributed by atoms with E-state index in [1.54, 1.807) is 4.52 Å². The fourth-order valence-corrected chi connectivity index (χ4v) is 3.61. The van der Waals surface area contributed by atoms with Gasteiger partial charge in [-0.15, -0.1) is 0 Å². The zero-order chi connectivity index (χ0) is 16.5. The molecule has 2 saturated heterocycles. The Morgan fingerprint density at radius 2 is 2.12 bits per heavy atom. The Kier molecular flexibility index (Phi) is 4.05. The first kappa shape index (κ1) is 15.3. The first-order chi connectivity index (χ1) is 11.7. The maximum atomic E-state index is 12.7. The van der Waals surface area contributed by atoms with Crippen LogP contribution in [-0.2, 0) is 4.79 Å². The van der Waals surface area contributed by atoms with Crippen LogP contribution in [0.15, 0.2) is 12.4 Å². The van der Waals surface area contributed by atoms with Gasteiger partial charge in [-0.2, -0.15) is 14.6 Å². The molecule has 1 atom stereocenters. The van der Waals surface area contributed by atoms with Gasteiger partial charge in [0.05, 0.1) is 5.92 Å². The number of hydrogen-bond donors (Lipinski definition) is 1. The summed E-state index contributed by atoms with van der Waals surface area (Å²) in [5, 5.41) is 7.60. The molecule has 4 rings (SSSR count). The van der Waals surface area contributed by atoms with Gasteiger partial charge in [0, 0.05) is 44.5 Å². The van der Waals surface area contributed by atoms with Crippen molar-refractivity contribution in [3.05, 3.63) is 18.1 Å². The number of anilines is 1. The smallest absolute Gasteiger partial charge is 0.254 e. The van der Waals surface area contributed by atoms with Crippen LogP contribution in [0.4, 0.5) is 5.82 Å². The molecule has 2 aliphatic rings. The molecule has 0 bridgehead atoms. The number of aryl methyl sites for hydroxylation is 1. The van der Waals surface area contributed by atoms with E-state index in [2.05, 4.69) is 25.3 Å². The van der Waals surface area contributed by atoms with Crippen LogP contribution in [0, 0.1) is 12.8 Å². The largest absolute Gasteiger partial charge is 0.353 e. The molecule has 128 valence electrons. The highest BCUT2D eigenvalue weighted by molar-refractivity contribution is 5.79. The number of fused-ring (bicyclic) bond motifs is 1. The minimum Gasteiger partial charge on any atom is -0.353 e. The summed E-state index contributed by atoms with van der Waals surface area (Å²) >= 11 is 0. The predicted molar refractivity (Wildman–Crippen MR) is 89.9 cm³/mol. The van der Waals surface area contributed by atoms with Crippen molar-refractivity contribution >= 4 is 17.5 Å². The number of aromatic nitrogens is 4. The molecule has 1 amide bonds. The summed E-state index contributed by atoms with van der Waals surface area (Å²) in [6, 6.07) is 2.03. The van der Waals surface area contributed by atoms with E-state index in [0.717, 1.165) is 63.6 Å². The molecular weight excluding hydrogens is 306 g/mol. The average molecular weight is 329 g/mol. The molecule has 0 saturated carbocycles. The lowest BCUT2D eigenvalue weighted by molar-refractivity contribution is -0.136. The van der Waals surface area contributed by atoms with Crippen LogP contribution in [0.1, 0.15) is 18.5 Å². The number of nitrogens with zero attached hydrogens (tertiary/aromatic N) is 6. The fraction of sp³-hybridized carbons (Fsp3) is 0.625. The molecule has 2 aromatic rings. The van der Waals surface area contributed by atoms with Crippen LogP contribution in [0.3, 0.4) is 0 Å². The standard InChI is InChI=1S/C16H23N7O/c1-12-9-14(23-16(20-12)18-11-19-23)21-5-7-22(8-6-21)15(24)13-3-2-4-17-10-13/h9,11,13,17H,2-8,10H2,1H3. The first-order valence-electron chi connectivity index (χ1n) is 8.64. The van der Waals surface area contributed by atoms with E-state index in [4.69, 9.17) is 0 Å². The van der Waals surface area contributed by atoms with Gasteiger partial charge in [0.15, 0.2) is 0 Å². The van der Waals surface area contributed by atoms with Crippen LogP contribution in [-0.4, -0.2) is 69.7 Å². The highest BCUT2D eigenvalue weighted by Gasteiger charge is 2.29. The van der Waals surface area contributed by atoms with E-state index in [-0.39, 0.29) is 5.92 Å². The second-order valence-electron chi connectivity index (χ2n) is 6.58. The molecule has 2 fully saturated rings. The number of piperazine rings is 1. The Hall–Kier alpha value is -2.22. The fourth-order valence-electron chi connectivity index (χ4n) is 3.61. The van der Waals surface area contributed by atoms with Gasteiger partial charge in [-0.3, -0.25) is 4.79 Å². The Morgan fingerprint density at radius 3 is 2.88 bits per heavy atom. The maximum Gasteiger partial charge on any atom is 0.254 e. The average Bonchev–Trinajstić information content (AvgIpc) is 3.09. The normalized spacial score (nSPS) is 22.1. The van der Waals surface area contributed by atoms with Crippen molar-refractivity contribution in [1.29, 1.82) is 0 Å². The van der Waals surface area contributed by atoms with Crippen LogP contribution in [0.2, 0.25) is 0 Å². The third-order valence-corrected chi connectivity index (χ3v) is 4.92. The van der Waals surface area contributed by atoms with Crippen molar-refractivity contribution in [2.75, 3.05) is 44.2 Å². The molecule has 8 heteroatoms.